The number of nitrogens with one attached hydrogen (secondary N) is 1. The molecule has 2 aromatic rings. The summed E-state index contributed by atoms with van der Waals surface area (Å²) in [6.07, 6.45) is 0. The minimum Gasteiger partial charge on any atom is -0.465 e. The van der Waals surface area contributed by atoms with Crippen molar-refractivity contribution in [3.8, 4) is 0 Å². The van der Waals surface area contributed by atoms with Crippen molar-refractivity contribution >= 4 is 28.1 Å². The number of carbonyl (C=O) groups is 1. The molecule has 1 aromatic heterocycles. The molecule has 0 unspecified atom stereocenters. The smallest absolute Gasteiger partial charge is 0.350 e. The Hall–Kier alpha value is -2.02. The molecule has 0 aliphatic rings. The lowest BCUT2D eigenvalue weighted by molar-refractivity contribution is 0.0605. The van der Waals surface area contributed by atoms with E-state index in [1.165, 1.54) is 26.2 Å². The predicted molar refractivity (Wildman–Crippen MR) is 72.6 cm³/mol. The number of methoxy groups -OCH3 is 1. The van der Waals surface area contributed by atoms with Crippen LogP contribution in [0.2, 0.25) is 0 Å². The van der Waals surface area contributed by atoms with Crippen LogP contribution in [0.15, 0.2) is 12.1 Å². The van der Waals surface area contributed by atoms with Crippen molar-refractivity contribution in [1.82, 2.24) is 4.98 Å². The van der Waals surface area contributed by atoms with Crippen LogP contribution in [0.3, 0.4) is 0 Å². The average molecular weight is 298 g/mol. The maximum Gasteiger partial charge on any atom is 0.350 e. The Balaban J connectivity index is 2.36. The fraction of sp³-hybridized carbons (Fsp3) is 0.231. The molecule has 0 spiro atoms. The van der Waals surface area contributed by atoms with Crippen molar-refractivity contribution in [2.45, 2.75) is 13.8 Å². The maximum atomic E-state index is 13.9. The SMILES string of the molecule is COC(=O)c1sc(Nc2c(F)ccc(C)c2F)nc1C. The van der Waals surface area contributed by atoms with Crippen molar-refractivity contribution in [3.63, 3.8) is 0 Å². The molecule has 1 heterocycles. The first kappa shape index (κ1) is 14.4. The number of benzene rings is 1. The van der Waals surface area contributed by atoms with E-state index in [0.29, 0.717) is 16.1 Å². The Labute approximate surface area is 118 Å². The number of aryl methyl sites for hydroxylation is 2. The summed E-state index contributed by atoms with van der Waals surface area (Å²) in [5, 5.41) is 2.80. The molecule has 0 saturated heterocycles. The van der Waals surface area contributed by atoms with Crippen molar-refractivity contribution in [3.05, 3.63) is 39.9 Å². The number of hydrogen-bond acceptors (Lipinski definition) is 5. The minimum absolute atomic E-state index is 0.228. The number of esters is 1. The number of aromatic nitrogens is 1. The summed E-state index contributed by atoms with van der Waals surface area (Å²) < 4.78 is 32.1. The average Bonchev–Trinajstić information content (AvgIpc) is 2.79. The zero-order valence-corrected chi connectivity index (χ0v) is 11.9. The molecular weight excluding hydrogens is 286 g/mol. The summed E-state index contributed by atoms with van der Waals surface area (Å²) in [5.41, 5.74) is 0.475. The first-order valence-corrected chi connectivity index (χ1v) is 6.53. The van der Waals surface area contributed by atoms with Gasteiger partial charge in [-0.25, -0.2) is 18.6 Å². The van der Waals surface area contributed by atoms with Gasteiger partial charge in [-0.05, 0) is 25.5 Å². The monoisotopic (exact) mass is 298 g/mol. The molecule has 4 nitrogen and oxygen atoms in total. The largest absolute Gasteiger partial charge is 0.465 e. The van der Waals surface area contributed by atoms with Gasteiger partial charge in [-0.3, -0.25) is 0 Å². The lowest BCUT2D eigenvalue weighted by atomic mass is 10.2. The van der Waals surface area contributed by atoms with Gasteiger partial charge >= 0.3 is 5.97 Å². The summed E-state index contributed by atoms with van der Waals surface area (Å²) in [4.78, 5) is 15.8. The third-order valence-corrected chi connectivity index (χ3v) is 3.74. The highest BCUT2D eigenvalue weighted by Gasteiger charge is 2.18. The maximum absolute atomic E-state index is 13.9. The fourth-order valence-electron chi connectivity index (χ4n) is 1.61. The van der Waals surface area contributed by atoms with Crippen LogP contribution in [0.1, 0.15) is 20.9 Å². The molecule has 0 aliphatic carbocycles. The highest BCUT2D eigenvalue weighted by atomic mass is 32.1. The lowest BCUT2D eigenvalue weighted by Gasteiger charge is -2.07. The summed E-state index contributed by atoms with van der Waals surface area (Å²) >= 11 is 0.980. The van der Waals surface area contributed by atoms with Crippen LogP contribution in [-0.4, -0.2) is 18.1 Å². The van der Waals surface area contributed by atoms with E-state index in [0.717, 1.165) is 11.3 Å². The van der Waals surface area contributed by atoms with Crippen molar-refractivity contribution in [2.75, 3.05) is 12.4 Å². The number of carbonyl (C=O) groups excluding carboxylic acids is 1. The minimum atomic E-state index is -0.722. The van der Waals surface area contributed by atoms with Crippen LogP contribution >= 0.6 is 11.3 Å². The van der Waals surface area contributed by atoms with E-state index < -0.39 is 17.6 Å². The normalized spacial score (nSPS) is 10.4. The van der Waals surface area contributed by atoms with Crippen molar-refractivity contribution in [1.29, 1.82) is 0 Å². The molecule has 0 aliphatic heterocycles. The number of anilines is 2. The Morgan fingerprint density at radius 2 is 2.05 bits per heavy atom. The van der Waals surface area contributed by atoms with Crippen molar-refractivity contribution in [2.24, 2.45) is 0 Å². The molecule has 1 N–H and O–H groups in total. The molecule has 1 aromatic carbocycles. The molecule has 0 amide bonds. The van der Waals surface area contributed by atoms with Gasteiger partial charge in [-0.2, -0.15) is 0 Å². The Morgan fingerprint density at radius 1 is 1.35 bits per heavy atom. The quantitative estimate of drug-likeness (QED) is 0.880. The topological polar surface area (TPSA) is 51.2 Å². The Kier molecular flexibility index (Phi) is 3.99. The van der Waals surface area contributed by atoms with Crippen LogP contribution in [0.5, 0.6) is 0 Å². The molecule has 20 heavy (non-hydrogen) atoms. The number of thiazole rings is 1. The van der Waals surface area contributed by atoms with E-state index in [1.807, 2.05) is 0 Å². The number of nitrogens with zero attached hydrogens (tertiary/aromatic N) is 1. The number of halogens is 2. The lowest BCUT2D eigenvalue weighted by Crippen LogP contribution is -1.99. The molecule has 0 atom stereocenters. The third kappa shape index (κ3) is 2.62. The summed E-state index contributed by atoms with van der Waals surface area (Å²) in [6.45, 7) is 3.16. The molecule has 0 saturated carbocycles. The predicted octanol–water partition coefficient (Wildman–Crippen LogP) is 3.57. The van der Waals surface area contributed by atoms with Gasteiger partial charge in [0.1, 0.15) is 16.4 Å². The van der Waals surface area contributed by atoms with Gasteiger partial charge in [0.2, 0.25) is 0 Å². The fourth-order valence-corrected chi connectivity index (χ4v) is 2.50. The standard InChI is InChI=1S/C13H12F2N2O2S/c1-6-4-5-8(14)10(9(6)15)17-13-16-7(2)11(20-13)12(18)19-3/h4-5H,1-3H3,(H,16,17). The molecule has 0 bridgehead atoms. The second-order valence-electron chi connectivity index (χ2n) is 4.10. The van der Waals surface area contributed by atoms with E-state index in [4.69, 9.17) is 0 Å². The van der Waals surface area contributed by atoms with Gasteiger partial charge in [-0.15, -0.1) is 0 Å². The van der Waals surface area contributed by atoms with Crippen LogP contribution in [-0.2, 0) is 4.74 Å². The van der Waals surface area contributed by atoms with Gasteiger partial charge < -0.3 is 10.1 Å². The van der Waals surface area contributed by atoms with Gasteiger partial charge in [0.05, 0.1) is 12.8 Å². The first-order chi connectivity index (χ1) is 9.43. The Morgan fingerprint density at radius 3 is 2.70 bits per heavy atom. The highest BCUT2D eigenvalue weighted by Crippen LogP contribution is 2.29. The number of ether oxygens (including phenoxy) is 1. The van der Waals surface area contributed by atoms with E-state index in [9.17, 15) is 13.6 Å². The number of rotatable bonds is 3. The van der Waals surface area contributed by atoms with Gasteiger partial charge in [0, 0.05) is 0 Å². The van der Waals surface area contributed by atoms with E-state index in [-0.39, 0.29) is 10.8 Å². The van der Waals surface area contributed by atoms with Crippen LogP contribution in [0.25, 0.3) is 0 Å². The van der Waals surface area contributed by atoms with E-state index in [1.54, 1.807) is 6.92 Å². The van der Waals surface area contributed by atoms with Crippen molar-refractivity contribution < 1.29 is 18.3 Å². The second kappa shape index (κ2) is 5.54. The molecule has 7 heteroatoms. The molecule has 106 valence electrons. The summed E-state index contributed by atoms with van der Waals surface area (Å²) in [5.74, 6) is -1.93. The third-order valence-electron chi connectivity index (χ3n) is 2.68. The Bertz CT molecular complexity index is 671. The zero-order chi connectivity index (χ0) is 14.9. The van der Waals surface area contributed by atoms with E-state index >= 15 is 0 Å². The molecular formula is C13H12F2N2O2S. The summed E-state index contributed by atoms with van der Waals surface area (Å²) in [7, 11) is 1.26. The number of hydrogen-bond donors (Lipinski definition) is 1. The van der Waals surface area contributed by atoms with Crippen LogP contribution in [0.4, 0.5) is 19.6 Å². The molecule has 2 rings (SSSR count). The van der Waals surface area contributed by atoms with Gasteiger partial charge in [0.15, 0.2) is 10.9 Å². The molecule has 0 fully saturated rings. The van der Waals surface area contributed by atoms with Crippen LogP contribution < -0.4 is 5.32 Å². The zero-order valence-electron chi connectivity index (χ0n) is 11.1. The van der Waals surface area contributed by atoms with E-state index in [2.05, 4.69) is 15.0 Å². The highest BCUT2D eigenvalue weighted by molar-refractivity contribution is 7.17. The first-order valence-electron chi connectivity index (χ1n) is 5.71. The molecule has 0 radical (unpaired) electrons. The summed E-state index contributed by atoms with van der Waals surface area (Å²) in [6, 6.07) is 2.52. The van der Waals surface area contributed by atoms with Gasteiger partial charge in [0.25, 0.3) is 0 Å². The second-order valence-corrected chi connectivity index (χ2v) is 5.10. The van der Waals surface area contributed by atoms with Crippen LogP contribution in [0, 0.1) is 25.5 Å². The van der Waals surface area contributed by atoms with Gasteiger partial charge in [-0.1, -0.05) is 17.4 Å².